The second kappa shape index (κ2) is 52.9. The van der Waals surface area contributed by atoms with Gasteiger partial charge >= 0.3 is 25.7 Å². The summed E-state index contributed by atoms with van der Waals surface area (Å²) in [5, 5.41) is 9.80. The number of esters is 3. The standard InChI is InChI=1S/C60H95O11P/c1-4-7-10-13-16-19-22-25-28-31-34-37-40-43-46-49-58(62)67-53-57(71-60(64)51-48-45-42-39-36-33-30-27-24-21-18-15-12-9-6-3)55-69-72(65,66)68-54-56(52-61)70-59(63)50-47-44-41-38-35-32-29-26-23-20-17-14-11-8-5-2/h7-12,16-21,25-30,34,36-37,39,56-57,61H,4-6,13-15,22-24,31-33,35,38,40-55H2,1-3H3,(H,65,66)/b10-7-,11-8-,12-9-,19-16-,20-17-,21-18-,28-25-,29-26-,30-27-,37-34-,39-36-. The number of carbonyl (C=O) groups excluding carboxylic acids is 3. The van der Waals surface area contributed by atoms with E-state index in [-0.39, 0.29) is 25.9 Å². The Hall–Kier alpha value is -4.38. The van der Waals surface area contributed by atoms with Crippen LogP contribution in [0.2, 0.25) is 0 Å². The SMILES string of the molecule is CC/C=C\C/C=C\C/C=C\C/C=C\CCCCC(=O)OCC(COP(=O)(O)OCC(CO)OC(=O)CCCCCCC/C=C\C/C=C\C/C=C\CC)OC(=O)CCCC/C=C\C/C=C\C/C=C\C/C=C\CC. The van der Waals surface area contributed by atoms with Crippen LogP contribution < -0.4 is 0 Å². The Kier molecular flexibility index (Phi) is 49.7. The van der Waals surface area contributed by atoms with Gasteiger partial charge in [0.15, 0.2) is 6.10 Å². The molecule has 0 heterocycles. The number of carbonyl (C=O) groups is 3. The van der Waals surface area contributed by atoms with Gasteiger partial charge in [0.05, 0.1) is 19.8 Å². The highest BCUT2D eigenvalue weighted by Gasteiger charge is 2.28. The molecule has 0 aliphatic carbocycles. The number of allylic oxidation sites excluding steroid dienone is 22. The lowest BCUT2D eigenvalue weighted by Crippen LogP contribution is -2.30. The maximum atomic E-state index is 12.9. The second-order valence-electron chi connectivity index (χ2n) is 17.2. The molecule has 0 aliphatic rings. The van der Waals surface area contributed by atoms with Gasteiger partial charge in [-0.1, -0.05) is 174 Å². The first-order chi connectivity index (χ1) is 35.2. The Balaban J connectivity index is 4.88. The van der Waals surface area contributed by atoms with Crippen molar-refractivity contribution in [2.45, 2.75) is 200 Å². The van der Waals surface area contributed by atoms with Crippen molar-refractivity contribution in [3.63, 3.8) is 0 Å². The van der Waals surface area contributed by atoms with E-state index < -0.39 is 57.8 Å². The third-order valence-electron chi connectivity index (χ3n) is 10.6. The van der Waals surface area contributed by atoms with E-state index in [1.165, 1.54) is 0 Å². The summed E-state index contributed by atoms with van der Waals surface area (Å²) in [6, 6.07) is 0. The van der Waals surface area contributed by atoms with Crippen LogP contribution in [0.5, 0.6) is 0 Å². The minimum absolute atomic E-state index is 0.0971. The van der Waals surface area contributed by atoms with Crippen LogP contribution in [0.3, 0.4) is 0 Å². The van der Waals surface area contributed by atoms with E-state index in [9.17, 15) is 28.9 Å². The molecule has 3 unspecified atom stereocenters. The zero-order chi connectivity index (χ0) is 52.7. The number of phosphoric acid groups is 1. The Morgan fingerprint density at radius 1 is 0.389 bits per heavy atom. The number of hydrogen-bond acceptors (Lipinski definition) is 10. The van der Waals surface area contributed by atoms with Gasteiger partial charge in [-0.2, -0.15) is 0 Å². The molecule has 3 atom stereocenters. The maximum Gasteiger partial charge on any atom is 0.472 e. The van der Waals surface area contributed by atoms with Crippen LogP contribution in [0.1, 0.15) is 188 Å². The summed E-state index contributed by atoms with van der Waals surface area (Å²) in [5.41, 5.74) is 0. The van der Waals surface area contributed by atoms with Crippen molar-refractivity contribution in [3.8, 4) is 0 Å². The highest BCUT2D eigenvalue weighted by Crippen LogP contribution is 2.43. The van der Waals surface area contributed by atoms with Crippen molar-refractivity contribution in [1.82, 2.24) is 0 Å². The van der Waals surface area contributed by atoms with E-state index in [2.05, 4.69) is 154 Å². The minimum Gasteiger partial charge on any atom is -0.462 e. The van der Waals surface area contributed by atoms with Crippen molar-refractivity contribution in [3.05, 3.63) is 134 Å². The fourth-order valence-corrected chi connectivity index (χ4v) is 7.31. The lowest BCUT2D eigenvalue weighted by molar-refractivity contribution is -0.161. The van der Waals surface area contributed by atoms with Crippen LogP contribution in [0.4, 0.5) is 0 Å². The first kappa shape index (κ1) is 67.6. The summed E-state index contributed by atoms with van der Waals surface area (Å²) >= 11 is 0. The smallest absolute Gasteiger partial charge is 0.462 e. The molecule has 2 N–H and O–H groups in total. The van der Waals surface area contributed by atoms with Crippen LogP contribution >= 0.6 is 7.82 Å². The molecule has 0 spiro atoms. The molecule has 0 amide bonds. The fourth-order valence-electron chi connectivity index (χ4n) is 6.53. The van der Waals surface area contributed by atoms with Crippen LogP contribution in [-0.2, 0) is 42.2 Å². The van der Waals surface area contributed by atoms with E-state index >= 15 is 0 Å². The van der Waals surface area contributed by atoms with Crippen LogP contribution in [0, 0.1) is 0 Å². The van der Waals surface area contributed by atoms with Crippen LogP contribution in [0.25, 0.3) is 0 Å². The van der Waals surface area contributed by atoms with Gasteiger partial charge in [-0.05, 0) is 128 Å². The third-order valence-corrected chi connectivity index (χ3v) is 11.5. The Morgan fingerprint density at radius 2 is 0.681 bits per heavy atom. The Morgan fingerprint density at radius 3 is 1.07 bits per heavy atom. The minimum atomic E-state index is -4.78. The monoisotopic (exact) mass is 1020 g/mol. The zero-order valence-electron chi connectivity index (χ0n) is 44.6. The fraction of sp³-hybridized carbons (Fsp3) is 0.583. The first-order valence-corrected chi connectivity index (χ1v) is 28.6. The molecule has 11 nitrogen and oxygen atoms in total. The van der Waals surface area contributed by atoms with Gasteiger partial charge in [-0.15, -0.1) is 0 Å². The largest absolute Gasteiger partial charge is 0.472 e. The number of aliphatic hydroxyl groups excluding tert-OH is 1. The van der Waals surface area contributed by atoms with E-state index in [0.717, 1.165) is 128 Å². The van der Waals surface area contributed by atoms with Crippen molar-refractivity contribution in [2.75, 3.05) is 26.4 Å². The molecular formula is C60H95O11P. The molecule has 0 aromatic carbocycles. The summed E-state index contributed by atoms with van der Waals surface area (Å²) < 4.78 is 39.3. The first-order valence-electron chi connectivity index (χ1n) is 27.1. The summed E-state index contributed by atoms with van der Waals surface area (Å²) in [4.78, 5) is 48.4. The molecule has 72 heavy (non-hydrogen) atoms. The summed E-state index contributed by atoms with van der Waals surface area (Å²) in [6.45, 7) is 4.15. The van der Waals surface area contributed by atoms with Gasteiger partial charge in [0.2, 0.25) is 0 Å². The zero-order valence-corrected chi connectivity index (χ0v) is 45.5. The number of aliphatic hydroxyl groups is 1. The highest BCUT2D eigenvalue weighted by molar-refractivity contribution is 7.47. The summed E-state index contributed by atoms with van der Waals surface area (Å²) in [5.74, 6) is -1.60. The molecule has 0 aliphatic heterocycles. The summed E-state index contributed by atoms with van der Waals surface area (Å²) in [6.07, 6.45) is 65.7. The van der Waals surface area contributed by atoms with Gasteiger partial charge in [-0.3, -0.25) is 23.4 Å². The number of ether oxygens (including phenoxy) is 3. The molecule has 0 aromatic heterocycles. The quantitative estimate of drug-likeness (QED) is 0.0197. The average molecular weight is 1020 g/mol. The topological polar surface area (TPSA) is 155 Å². The van der Waals surface area contributed by atoms with Gasteiger partial charge < -0.3 is 24.2 Å². The van der Waals surface area contributed by atoms with Crippen molar-refractivity contribution >= 4 is 25.7 Å². The van der Waals surface area contributed by atoms with Crippen LogP contribution in [0.15, 0.2) is 134 Å². The lowest BCUT2D eigenvalue weighted by atomic mass is 10.1. The van der Waals surface area contributed by atoms with Gasteiger partial charge in [0.1, 0.15) is 12.7 Å². The molecule has 406 valence electrons. The van der Waals surface area contributed by atoms with Crippen molar-refractivity contribution in [2.24, 2.45) is 0 Å². The predicted molar refractivity (Wildman–Crippen MR) is 297 cm³/mol. The molecule has 0 fully saturated rings. The molecule has 0 aromatic rings. The van der Waals surface area contributed by atoms with E-state index in [1.807, 2.05) is 0 Å². The maximum absolute atomic E-state index is 12.9. The molecule has 0 radical (unpaired) electrons. The summed E-state index contributed by atoms with van der Waals surface area (Å²) in [7, 11) is -4.78. The average Bonchev–Trinajstić information content (AvgIpc) is 3.37. The Labute approximate surface area is 436 Å². The number of hydrogen-bond donors (Lipinski definition) is 2. The highest BCUT2D eigenvalue weighted by atomic mass is 31.2. The molecule has 12 heteroatoms. The van der Waals surface area contributed by atoms with E-state index in [1.54, 1.807) is 0 Å². The normalized spacial score (nSPS) is 14.5. The van der Waals surface area contributed by atoms with Gasteiger partial charge in [0.25, 0.3) is 0 Å². The van der Waals surface area contributed by atoms with E-state index in [4.69, 9.17) is 23.3 Å². The number of rotatable bonds is 48. The van der Waals surface area contributed by atoms with Gasteiger partial charge in [-0.25, -0.2) is 4.57 Å². The molecule has 0 saturated heterocycles. The third kappa shape index (κ3) is 50.6. The Bertz CT molecular complexity index is 1710. The van der Waals surface area contributed by atoms with Crippen molar-refractivity contribution in [1.29, 1.82) is 0 Å². The van der Waals surface area contributed by atoms with E-state index in [0.29, 0.717) is 19.3 Å². The van der Waals surface area contributed by atoms with Crippen molar-refractivity contribution < 1.29 is 52.2 Å². The number of phosphoric ester groups is 1. The van der Waals surface area contributed by atoms with Crippen LogP contribution in [-0.4, -0.2) is 66.5 Å². The predicted octanol–water partition coefficient (Wildman–Crippen LogP) is 15.8. The number of unbranched alkanes of at least 4 members (excludes halogenated alkanes) is 9. The second-order valence-corrected chi connectivity index (χ2v) is 18.7. The molecule has 0 rings (SSSR count). The molecule has 0 saturated carbocycles. The van der Waals surface area contributed by atoms with Gasteiger partial charge in [0, 0.05) is 19.3 Å². The molecular weight excluding hydrogens is 928 g/mol. The lowest BCUT2D eigenvalue weighted by Gasteiger charge is -2.21. The molecule has 0 bridgehead atoms.